The number of nitrogens with zero attached hydrogens (tertiary/aromatic N) is 3. The zero-order valence-electron chi connectivity index (χ0n) is 12.8. The van der Waals surface area contributed by atoms with Crippen LogP contribution in [0.5, 0.6) is 11.5 Å². The highest BCUT2D eigenvalue weighted by atomic mass is 32.1. The third-order valence-corrected chi connectivity index (χ3v) is 3.07. The van der Waals surface area contributed by atoms with Crippen molar-refractivity contribution in [3.8, 4) is 11.5 Å². The minimum atomic E-state index is 0.104. The van der Waals surface area contributed by atoms with Crippen LogP contribution in [0.25, 0.3) is 0 Å². The van der Waals surface area contributed by atoms with E-state index in [2.05, 4.69) is 15.5 Å². The highest BCUT2D eigenvalue weighted by molar-refractivity contribution is 7.80. The Balaban J connectivity index is 1.99. The smallest absolute Gasteiger partial charge is 0.184 e. The van der Waals surface area contributed by atoms with Crippen molar-refractivity contribution in [1.29, 1.82) is 0 Å². The first-order valence-corrected chi connectivity index (χ1v) is 7.45. The molecule has 0 aliphatic heterocycles. The quantitative estimate of drug-likeness (QED) is 0.330. The lowest BCUT2D eigenvalue weighted by molar-refractivity contribution is 0.282. The van der Waals surface area contributed by atoms with Crippen LogP contribution >= 0.6 is 12.2 Å². The van der Waals surface area contributed by atoms with Crippen LogP contribution in [0.4, 0.5) is 0 Å². The van der Waals surface area contributed by atoms with E-state index in [1.807, 2.05) is 29.0 Å². The summed E-state index contributed by atoms with van der Waals surface area (Å²) in [6.45, 7) is 1.38. The number of rotatable bonds is 8. The van der Waals surface area contributed by atoms with Gasteiger partial charge in [-0.05, 0) is 30.8 Å². The second-order valence-corrected chi connectivity index (χ2v) is 5.06. The number of aryl methyl sites for hydroxylation is 1. The molecule has 2 aromatic rings. The van der Waals surface area contributed by atoms with E-state index in [0.29, 0.717) is 18.1 Å². The Morgan fingerprint density at radius 2 is 2.39 bits per heavy atom. The zero-order valence-corrected chi connectivity index (χ0v) is 13.6. The molecule has 1 heterocycles. The molecule has 0 fully saturated rings. The SMILES string of the molecule is COc1cccc(C=NNC(N)=S)c1OCCCn1ccnc1. The number of para-hydroxylation sites is 1. The molecule has 122 valence electrons. The van der Waals surface area contributed by atoms with Gasteiger partial charge in [0, 0.05) is 24.5 Å². The fraction of sp³-hybridized carbons (Fsp3) is 0.267. The van der Waals surface area contributed by atoms with Gasteiger partial charge in [0.2, 0.25) is 0 Å². The highest BCUT2D eigenvalue weighted by Crippen LogP contribution is 2.30. The molecule has 0 saturated carbocycles. The number of hydrogen-bond acceptors (Lipinski definition) is 5. The number of ether oxygens (including phenoxy) is 2. The summed E-state index contributed by atoms with van der Waals surface area (Å²) in [4.78, 5) is 4.01. The molecular formula is C15H19N5O2S. The number of hydrogen-bond donors (Lipinski definition) is 2. The van der Waals surface area contributed by atoms with Crippen molar-refractivity contribution < 1.29 is 9.47 Å². The van der Waals surface area contributed by atoms with Crippen LogP contribution in [0.3, 0.4) is 0 Å². The molecule has 8 heteroatoms. The Bertz CT molecular complexity index is 658. The number of hydrazone groups is 1. The number of benzene rings is 1. The first-order chi connectivity index (χ1) is 11.2. The fourth-order valence-corrected chi connectivity index (χ4v) is 2.01. The van der Waals surface area contributed by atoms with Gasteiger partial charge in [-0.25, -0.2) is 4.98 Å². The molecule has 0 amide bonds. The summed E-state index contributed by atoms with van der Waals surface area (Å²) in [7, 11) is 1.60. The topological polar surface area (TPSA) is 86.7 Å². The van der Waals surface area contributed by atoms with Gasteiger partial charge in [0.05, 0.1) is 26.3 Å². The van der Waals surface area contributed by atoms with E-state index >= 15 is 0 Å². The number of nitrogens with one attached hydrogen (secondary N) is 1. The van der Waals surface area contributed by atoms with Crippen molar-refractivity contribution in [1.82, 2.24) is 15.0 Å². The number of methoxy groups -OCH3 is 1. The average Bonchev–Trinajstić information content (AvgIpc) is 3.05. The maximum Gasteiger partial charge on any atom is 0.184 e. The molecule has 7 nitrogen and oxygen atoms in total. The summed E-state index contributed by atoms with van der Waals surface area (Å²) in [5.41, 5.74) is 8.63. The molecule has 23 heavy (non-hydrogen) atoms. The number of nitrogens with two attached hydrogens (primary N) is 1. The molecule has 0 spiro atoms. The summed E-state index contributed by atoms with van der Waals surface area (Å²) in [6, 6.07) is 5.57. The van der Waals surface area contributed by atoms with E-state index < -0.39 is 0 Å². The van der Waals surface area contributed by atoms with Gasteiger partial charge in [0.15, 0.2) is 16.6 Å². The van der Waals surface area contributed by atoms with Crippen molar-refractivity contribution in [2.24, 2.45) is 10.8 Å². The van der Waals surface area contributed by atoms with Crippen LogP contribution in [0, 0.1) is 0 Å². The molecule has 0 radical (unpaired) electrons. The van der Waals surface area contributed by atoms with E-state index in [1.165, 1.54) is 0 Å². The Hall–Kier alpha value is -2.61. The summed E-state index contributed by atoms with van der Waals surface area (Å²) in [5, 5.41) is 4.06. The van der Waals surface area contributed by atoms with E-state index in [-0.39, 0.29) is 5.11 Å². The second-order valence-electron chi connectivity index (χ2n) is 4.62. The third-order valence-electron chi connectivity index (χ3n) is 2.97. The second kappa shape index (κ2) is 8.74. The van der Waals surface area contributed by atoms with E-state index in [0.717, 1.165) is 18.5 Å². The first-order valence-electron chi connectivity index (χ1n) is 7.04. The largest absolute Gasteiger partial charge is 0.493 e. The first kappa shape index (κ1) is 16.8. The molecule has 0 unspecified atom stereocenters. The Morgan fingerprint density at radius 1 is 1.52 bits per heavy atom. The molecule has 0 aliphatic carbocycles. The number of aromatic nitrogens is 2. The summed E-state index contributed by atoms with van der Waals surface area (Å²) < 4.78 is 13.2. The zero-order chi connectivity index (χ0) is 16.5. The van der Waals surface area contributed by atoms with Crippen molar-refractivity contribution in [3.05, 3.63) is 42.5 Å². The van der Waals surface area contributed by atoms with Gasteiger partial charge < -0.3 is 19.8 Å². The fourth-order valence-electron chi connectivity index (χ4n) is 1.96. The molecule has 2 rings (SSSR count). The molecule has 0 saturated heterocycles. The standard InChI is InChI=1S/C15H19N5O2S/c1-21-13-5-2-4-12(10-18-19-15(16)23)14(13)22-9-3-7-20-8-6-17-11-20/h2,4-6,8,10-11H,3,7,9H2,1H3,(H3,16,19,23). The third kappa shape index (κ3) is 5.26. The Morgan fingerprint density at radius 3 is 3.09 bits per heavy atom. The van der Waals surface area contributed by atoms with Crippen molar-refractivity contribution in [2.45, 2.75) is 13.0 Å². The molecule has 1 aromatic heterocycles. The number of imidazole rings is 1. The van der Waals surface area contributed by atoms with Crippen molar-refractivity contribution >= 4 is 23.5 Å². The predicted molar refractivity (Wildman–Crippen MR) is 92.8 cm³/mol. The van der Waals surface area contributed by atoms with Gasteiger partial charge in [0.1, 0.15) is 0 Å². The van der Waals surface area contributed by atoms with Crippen molar-refractivity contribution in [2.75, 3.05) is 13.7 Å². The Labute approximate surface area is 140 Å². The van der Waals surface area contributed by atoms with Crippen LogP contribution in [-0.2, 0) is 6.54 Å². The minimum absolute atomic E-state index is 0.104. The van der Waals surface area contributed by atoms with Gasteiger partial charge in [-0.1, -0.05) is 6.07 Å². The highest BCUT2D eigenvalue weighted by Gasteiger charge is 2.09. The summed E-state index contributed by atoms with van der Waals surface area (Å²) >= 11 is 4.71. The average molecular weight is 333 g/mol. The summed E-state index contributed by atoms with van der Waals surface area (Å²) in [6.07, 6.45) is 7.89. The Kier molecular flexibility index (Phi) is 6.37. The lowest BCUT2D eigenvalue weighted by Crippen LogP contribution is -2.24. The van der Waals surface area contributed by atoms with Gasteiger partial charge >= 0.3 is 0 Å². The van der Waals surface area contributed by atoms with E-state index in [9.17, 15) is 0 Å². The molecule has 0 bridgehead atoms. The molecule has 1 aromatic carbocycles. The maximum atomic E-state index is 5.87. The van der Waals surface area contributed by atoms with Gasteiger partial charge in [-0.15, -0.1) is 0 Å². The van der Waals surface area contributed by atoms with E-state index in [1.54, 1.807) is 25.8 Å². The van der Waals surface area contributed by atoms with Crippen LogP contribution in [0.1, 0.15) is 12.0 Å². The van der Waals surface area contributed by atoms with Crippen LogP contribution < -0.4 is 20.6 Å². The lowest BCUT2D eigenvalue weighted by atomic mass is 10.2. The normalized spacial score (nSPS) is 10.7. The summed E-state index contributed by atoms with van der Waals surface area (Å²) in [5.74, 6) is 1.28. The maximum absolute atomic E-state index is 5.87. The minimum Gasteiger partial charge on any atom is -0.493 e. The van der Waals surface area contributed by atoms with E-state index in [4.69, 9.17) is 27.4 Å². The molecule has 3 N–H and O–H groups in total. The lowest BCUT2D eigenvalue weighted by Gasteiger charge is -2.13. The van der Waals surface area contributed by atoms with Crippen LogP contribution in [0.15, 0.2) is 42.0 Å². The molecular weight excluding hydrogens is 314 g/mol. The van der Waals surface area contributed by atoms with Gasteiger partial charge in [-0.2, -0.15) is 5.10 Å². The van der Waals surface area contributed by atoms with Gasteiger partial charge in [0.25, 0.3) is 0 Å². The number of thiocarbonyl (C=S) groups is 1. The van der Waals surface area contributed by atoms with Crippen LogP contribution in [0.2, 0.25) is 0 Å². The molecule has 0 atom stereocenters. The van der Waals surface area contributed by atoms with Gasteiger partial charge in [-0.3, -0.25) is 5.43 Å². The predicted octanol–water partition coefficient (Wildman–Crippen LogP) is 1.53. The van der Waals surface area contributed by atoms with Crippen LogP contribution in [-0.4, -0.2) is 34.6 Å². The molecule has 0 aliphatic rings. The van der Waals surface area contributed by atoms with Crippen molar-refractivity contribution in [3.63, 3.8) is 0 Å². The monoisotopic (exact) mass is 333 g/mol.